The monoisotopic (exact) mass is 375 g/mol. The van der Waals surface area contributed by atoms with Crippen LogP contribution in [0, 0.1) is 6.92 Å². The Kier molecular flexibility index (Phi) is 5.76. The summed E-state index contributed by atoms with van der Waals surface area (Å²) in [5.41, 5.74) is 7.81. The first-order valence-electron chi connectivity index (χ1n) is 7.12. The van der Waals surface area contributed by atoms with Crippen LogP contribution in [0.5, 0.6) is 0 Å². The van der Waals surface area contributed by atoms with E-state index in [0.29, 0.717) is 0 Å². The smallest absolute Gasteiger partial charge is 0.312 e. The highest BCUT2D eigenvalue weighted by molar-refractivity contribution is 9.10. The van der Waals surface area contributed by atoms with Crippen LogP contribution in [-0.4, -0.2) is 11.9 Å². The molecule has 0 spiro atoms. The summed E-state index contributed by atoms with van der Waals surface area (Å²) >= 11 is 3.38. The molecule has 0 unspecified atom stereocenters. The predicted octanol–water partition coefficient (Wildman–Crippen LogP) is 3.50. The molecule has 5 nitrogen and oxygen atoms in total. The topological polar surface area (TPSA) is 84.2 Å². The molecule has 3 amide bonds. The summed E-state index contributed by atoms with van der Waals surface area (Å²) in [7, 11) is 0. The molecular weight excluding hydrogens is 358 g/mol. The van der Waals surface area contributed by atoms with Crippen molar-refractivity contribution in [2.45, 2.75) is 19.4 Å². The number of amides is 3. The van der Waals surface area contributed by atoms with E-state index in [1.165, 1.54) is 0 Å². The van der Waals surface area contributed by atoms with E-state index in [0.717, 1.165) is 21.3 Å². The van der Waals surface area contributed by atoms with Gasteiger partial charge in [0.1, 0.15) is 0 Å². The molecule has 0 saturated heterocycles. The fourth-order valence-corrected chi connectivity index (χ4v) is 2.68. The van der Waals surface area contributed by atoms with Gasteiger partial charge in [-0.2, -0.15) is 0 Å². The van der Waals surface area contributed by atoms with Gasteiger partial charge in [-0.3, -0.25) is 4.79 Å². The van der Waals surface area contributed by atoms with Gasteiger partial charge >= 0.3 is 6.03 Å². The Morgan fingerprint density at radius 1 is 1.17 bits per heavy atom. The Bertz CT molecular complexity index is 718. The minimum absolute atomic E-state index is 0.0906. The number of rotatable bonds is 5. The number of aryl methyl sites for hydroxylation is 1. The zero-order valence-electron chi connectivity index (χ0n) is 12.7. The second kappa shape index (κ2) is 7.78. The van der Waals surface area contributed by atoms with Gasteiger partial charge in [0.05, 0.1) is 12.5 Å². The molecule has 0 aliphatic rings. The summed E-state index contributed by atoms with van der Waals surface area (Å²) in [5.74, 6) is -0.200. The summed E-state index contributed by atoms with van der Waals surface area (Å²) in [6.07, 6.45) is 0.0906. The lowest BCUT2D eigenvalue weighted by Crippen LogP contribution is -2.35. The highest BCUT2D eigenvalue weighted by atomic mass is 79.9. The van der Waals surface area contributed by atoms with Crippen LogP contribution in [0.25, 0.3) is 0 Å². The van der Waals surface area contributed by atoms with Crippen LogP contribution >= 0.6 is 15.9 Å². The first-order valence-corrected chi connectivity index (χ1v) is 7.91. The number of hydrogen-bond donors (Lipinski definition) is 3. The summed E-state index contributed by atoms with van der Waals surface area (Å²) < 4.78 is 0.866. The van der Waals surface area contributed by atoms with E-state index in [1.54, 1.807) is 0 Å². The number of nitrogens with two attached hydrogens (primary N) is 1. The van der Waals surface area contributed by atoms with Crippen LogP contribution in [0.15, 0.2) is 53.0 Å². The summed E-state index contributed by atoms with van der Waals surface area (Å²) in [6.45, 7) is 1.95. The zero-order valence-corrected chi connectivity index (χ0v) is 14.3. The summed E-state index contributed by atoms with van der Waals surface area (Å²) in [6, 6.07) is 13.8. The molecule has 4 N–H and O–H groups in total. The average Bonchev–Trinajstić information content (AvgIpc) is 2.46. The van der Waals surface area contributed by atoms with Crippen LogP contribution in [0.3, 0.4) is 0 Å². The lowest BCUT2D eigenvalue weighted by molar-refractivity contribution is -0.116. The first-order chi connectivity index (χ1) is 10.9. The Labute approximate surface area is 143 Å². The number of urea groups is 1. The third-order valence-corrected chi connectivity index (χ3v) is 3.75. The Morgan fingerprint density at radius 3 is 2.57 bits per heavy atom. The highest BCUT2D eigenvalue weighted by Crippen LogP contribution is 2.21. The number of carbonyl (C=O) groups is 2. The molecule has 23 heavy (non-hydrogen) atoms. The molecule has 0 fully saturated rings. The maximum atomic E-state index is 12.3. The van der Waals surface area contributed by atoms with Gasteiger partial charge in [0.25, 0.3) is 0 Å². The SMILES string of the molecule is Cc1cccc(NC(=O)C[C@H](NC(N)=O)c2cccc(Br)c2)c1. The number of hydrogen-bond acceptors (Lipinski definition) is 2. The molecule has 1 atom stereocenters. The van der Waals surface area contributed by atoms with Gasteiger partial charge in [0.2, 0.25) is 5.91 Å². The number of halogens is 1. The molecule has 2 aromatic carbocycles. The van der Waals surface area contributed by atoms with Gasteiger partial charge in [0.15, 0.2) is 0 Å². The van der Waals surface area contributed by atoms with Crippen LogP contribution < -0.4 is 16.4 Å². The zero-order chi connectivity index (χ0) is 16.8. The molecule has 6 heteroatoms. The van der Waals surface area contributed by atoms with Crippen molar-refractivity contribution in [1.82, 2.24) is 5.32 Å². The van der Waals surface area contributed by atoms with Crippen molar-refractivity contribution >= 4 is 33.6 Å². The van der Waals surface area contributed by atoms with E-state index >= 15 is 0 Å². The number of carbonyl (C=O) groups excluding carboxylic acids is 2. The molecule has 0 saturated carbocycles. The van der Waals surface area contributed by atoms with Crippen molar-refractivity contribution < 1.29 is 9.59 Å². The standard InChI is InChI=1S/C17H18BrN3O2/c1-11-4-2-7-14(8-11)20-16(22)10-15(21-17(19)23)12-5-3-6-13(18)9-12/h2-9,15H,10H2,1H3,(H,20,22)(H3,19,21,23)/t15-/m0/s1. The summed E-state index contributed by atoms with van der Waals surface area (Å²) in [4.78, 5) is 23.5. The largest absolute Gasteiger partial charge is 0.352 e. The van der Waals surface area contributed by atoms with Gasteiger partial charge in [-0.25, -0.2) is 4.79 Å². The fourth-order valence-electron chi connectivity index (χ4n) is 2.27. The maximum absolute atomic E-state index is 12.3. The van der Waals surface area contributed by atoms with Crippen molar-refractivity contribution in [2.24, 2.45) is 5.73 Å². The molecule has 2 aromatic rings. The quantitative estimate of drug-likeness (QED) is 0.746. The minimum atomic E-state index is -0.668. The van der Waals surface area contributed by atoms with Crippen molar-refractivity contribution in [2.75, 3.05) is 5.32 Å². The second-order valence-corrected chi connectivity index (χ2v) is 6.15. The first kappa shape index (κ1) is 17.0. The number of anilines is 1. The Hall–Kier alpha value is -2.34. The van der Waals surface area contributed by atoms with Gasteiger partial charge in [-0.15, -0.1) is 0 Å². The fraction of sp³-hybridized carbons (Fsp3) is 0.176. The van der Waals surface area contributed by atoms with E-state index in [4.69, 9.17) is 5.73 Å². The molecule has 0 heterocycles. The number of benzene rings is 2. The molecular formula is C17H18BrN3O2. The molecule has 0 aromatic heterocycles. The van der Waals surface area contributed by atoms with Crippen molar-refractivity contribution in [3.63, 3.8) is 0 Å². The minimum Gasteiger partial charge on any atom is -0.352 e. The van der Waals surface area contributed by atoms with Crippen LogP contribution in [0.1, 0.15) is 23.6 Å². The normalized spacial score (nSPS) is 11.6. The third-order valence-electron chi connectivity index (χ3n) is 3.26. The highest BCUT2D eigenvalue weighted by Gasteiger charge is 2.18. The predicted molar refractivity (Wildman–Crippen MR) is 94.0 cm³/mol. The number of nitrogens with one attached hydrogen (secondary N) is 2. The van der Waals surface area contributed by atoms with Crippen LogP contribution in [0.4, 0.5) is 10.5 Å². The van der Waals surface area contributed by atoms with Gasteiger partial charge in [0, 0.05) is 10.2 Å². The van der Waals surface area contributed by atoms with Crippen LogP contribution in [0.2, 0.25) is 0 Å². The van der Waals surface area contributed by atoms with Crippen LogP contribution in [-0.2, 0) is 4.79 Å². The molecule has 120 valence electrons. The maximum Gasteiger partial charge on any atom is 0.312 e. The van der Waals surface area contributed by atoms with Crippen molar-refractivity contribution in [3.05, 3.63) is 64.1 Å². The van der Waals surface area contributed by atoms with Crippen molar-refractivity contribution in [3.8, 4) is 0 Å². The molecule has 0 radical (unpaired) electrons. The van der Waals surface area contributed by atoms with E-state index in [1.807, 2.05) is 55.5 Å². The van der Waals surface area contributed by atoms with Gasteiger partial charge in [-0.05, 0) is 42.3 Å². The average molecular weight is 376 g/mol. The molecule has 0 aliphatic heterocycles. The molecule has 2 rings (SSSR count). The van der Waals surface area contributed by atoms with E-state index in [-0.39, 0.29) is 12.3 Å². The van der Waals surface area contributed by atoms with Gasteiger partial charge < -0.3 is 16.4 Å². The Morgan fingerprint density at radius 2 is 1.91 bits per heavy atom. The lowest BCUT2D eigenvalue weighted by atomic mass is 10.0. The molecule has 0 bridgehead atoms. The lowest BCUT2D eigenvalue weighted by Gasteiger charge is -2.18. The summed E-state index contributed by atoms with van der Waals surface area (Å²) in [5, 5.41) is 5.44. The van der Waals surface area contributed by atoms with Crippen molar-refractivity contribution in [1.29, 1.82) is 0 Å². The van der Waals surface area contributed by atoms with E-state index in [9.17, 15) is 9.59 Å². The second-order valence-electron chi connectivity index (χ2n) is 5.24. The number of primary amides is 1. The Balaban J connectivity index is 2.11. The third kappa shape index (κ3) is 5.41. The van der Waals surface area contributed by atoms with E-state index < -0.39 is 12.1 Å². The van der Waals surface area contributed by atoms with Gasteiger partial charge in [-0.1, -0.05) is 40.2 Å². The van der Waals surface area contributed by atoms with E-state index in [2.05, 4.69) is 26.6 Å². The molecule has 0 aliphatic carbocycles.